The summed E-state index contributed by atoms with van der Waals surface area (Å²) in [5.41, 5.74) is 9.21. The van der Waals surface area contributed by atoms with Gasteiger partial charge in [-0.2, -0.15) is 5.26 Å². The Kier molecular flexibility index (Phi) is 4.54. The Morgan fingerprint density at radius 1 is 0.929 bits per heavy atom. The van der Waals surface area contributed by atoms with Crippen LogP contribution < -0.4 is 10.5 Å². The molecule has 0 radical (unpaired) electrons. The van der Waals surface area contributed by atoms with E-state index in [-0.39, 0.29) is 5.56 Å². The number of ether oxygens (including phenoxy) is 1. The lowest BCUT2D eigenvalue weighted by Gasteiger charge is -2.32. The number of nitrogens with zero attached hydrogens (tertiary/aromatic N) is 1. The molecule has 0 saturated carbocycles. The molecule has 1 heterocycles. The molecule has 28 heavy (non-hydrogen) atoms. The molecule has 0 bridgehead atoms. The van der Waals surface area contributed by atoms with E-state index in [2.05, 4.69) is 6.07 Å². The summed E-state index contributed by atoms with van der Waals surface area (Å²) in [4.78, 5) is 0. The molecule has 0 fully saturated rings. The van der Waals surface area contributed by atoms with Crippen molar-refractivity contribution in [1.29, 1.82) is 5.26 Å². The highest BCUT2D eigenvalue weighted by Gasteiger charge is 2.31. The van der Waals surface area contributed by atoms with E-state index in [0.29, 0.717) is 23.8 Å². The summed E-state index contributed by atoms with van der Waals surface area (Å²) in [6, 6.07) is 15.4. The van der Waals surface area contributed by atoms with Crippen LogP contribution in [-0.2, 0) is 6.42 Å². The SMILES string of the molecule is N#Cc1cccc(-c2ccc3c(c2)CC(N)C(c2cc(F)c(F)cc2F)O3)c1. The van der Waals surface area contributed by atoms with E-state index >= 15 is 0 Å². The Hall–Kier alpha value is -3.30. The second kappa shape index (κ2) is 7.02. The molecule has 6 heteroatoms. The third-order valence-corrected chi connectivity index (χ3v) is 4.83. The van der Waals surface area contributed by atoms with Gasteiger partial charge in [0.25, 0.3) is 0 Å². The average molecular weight is 380 g/mol. The van der Waals surface area contributed by atoms with Gasteiger partial charge in [0.15, 0.2) is 11.6 Å². The Labute approximate surface area is 159 Å². The van der Waals surface area contributed by atoms with Crippen molar-refractivity contribution in [3.63, 3.8) is 0 Å². The second-order valence-corrected chi connectivity index (χ2v) is 6.71. The lowest BCUT2D eigenvalue weighted by atomic mass is 9.91. The van der Waals surface area contributed by atoms with Crippen molar-refractivity contribution in [2.24, 2.45) is 5.73 Å². The third kappa shape index (κ3) is 3.21. The van der Waals surface area contributed by atoms with Crippen molar-refractivity contribution in [1.82, 2.24) is 0 Å². The lowest BCUT2D eigenvalue weighted by molar-refractivity contribution is 0.148. The molecule has 2 N–H and O–H groups in total. The monoisotopic (exact) mass is 380 g/mol. The molecule has 3 aromatic carbocycles. The molecule has 140 valence electrons. The molecule has 1 aliphatic heterocycles. The maximum absolute atomic E-state index is 14.2. The molecule has 0 spiro atoms. The van der Waals surface area contributed by atoms with Crippen molar-refractivity contribution in [2.45, 2.75) is 18.6 Å². The number of nitrogens with two attached hydrogens (primary N) is 1. The quantitative estimate of drug-likeness (QED) is 0.659. The number of hydrogen-bond donors (Lipinski definition) is 1. The number of nitriles is 1. The largest absolute Gasteiger partial charge is 0.484 e. The van der Waals surface area contributed by atoms with E-state index in [4.69, 9.17) is 15.7 Å². The Bertz CT molecular complexity index is 1110. The van der Waals surface area contributed by atoms with E-state index in [9.17, 15) is 13.2 Å². The summed E-state index contributed by atoms with van der Waals surface area (Å²) in [5.74, 6) is -2.79. The fraction of sp³-hybridized carbons (Fsp3) is 0.136. The van der Waals surface area contributed by atoms with Crippen LogP contribution in [0.25, 0.3) is 11.1 Å². The van der Waals surface area contributed by atoms with Gasteiger partial charge in [0.1, 0.15) is 17.7 Å². The second-order valence-electron chi connectivity index (χ2n) is 6.71. The molecular formula is C22H15F3N2O. The van der Waals surface area contributed by atoms with Gasteiger partial charge in [0.2, 0.25) is 0 Å². The van der Waals surface area contributed by atoms with Crippen LogP contribution in [0.4, 0.5) is 13.2 Å². The minimum Gasteiger partial charge on any atom is -0.484 e. The highest BCUT2D eigenvalue weighted by atomic mass is 19.2. The summed E-state index contributed by atoms with van der Waals surface area (Å²) >= 11 is 0. The van der Waals surface area contributed by atoms with Gasteiger partial charge in [-0.05, 0) is 53.4 Å². The van der Waals surface area contributed by atoms with Crippen molar-refractivity contribution in [2.75, 3.05) is 0 Å². The molecule has 2 atom stereocenters. The number of fused-ring (bicyclic) bond motifs is 1. The molecule has 0 amide bonds. The number of hydrogen-bond acceptors (Lipinski definition) is 3. The zero-order valence-corrected chi connectivity index (χ0v) is 14.6. The van der Waals surface area contributed by atoms with Crippen LogP contribution in [0.3, 0.4) is 0 Å². The van der Waals surface area contributed by atoms with Crippen molar-refractivity contribution < 1.29 is 17.9 Å². The van der Waals surface area contributed by atoms with Gasteiger partial charge < -0.3 is 10.5 Å². The predicted octanol–water partition coefficient (Wildman–Crippen LogP) is 4.65. The van der Waals surface area contributed by atoms with Gasteiger partial charge in [-0.3, -0.25) is 0 Å². The number of rotatable bonds is 2. The third-order valence-electron chi connectivity index (χ3n) is 4.83. The Morgan fingerprint density at radius 3 is 2.46 bits per heavy atom. The maximum Gasteiger partial charge on any atom is 0.161 e. The minimum absolute atomic E-state index is 0.108. The first-order valence-corrected chi connectivity index (χ1v) is 8.66. The topological polar surface area (TPSA) is 59.0 Å². The van der Waals surface area contributed by atoms with Crippen LogP contribution in [0.5, 0.6) is 5.75 Å². The van der Waals surface area contributed by atoms with Gasteiger partial charge in [-0.25, -0.2) is 13.2 Å². The first-order valence-electron chi connectivity index (χ1n) is 8.66. The molecule has 4 rings (SSSR count). The first-order chi connectivity index (χ1) is 13.5. The molecule has 2 unspecified atom stereocenters. The normalized spacial score (nSPS) is 18.1. The zero-order chi connectivity index (χ0) is 19.8. The molecule has 3 aromatic rings. The van der Waals surface area contributed by atoms with Gasteiger partial charge in [-0.1, -0.05) is 18.2 Å². The summed E-state index contributed by atoms with van der Waals surface area (Å²) in [6.45, 7) is 0. The predicted molar refractivity (Wildman–Crippen MR) is 98.0 cm³/mol. The van der Waals surface area contributed by atoms with Crippen molar-refractivity contribution in [3.05, 3.63) is 88.7 Å². The Balaban J connectivity index is 1.68. The van der Waals surface area contributed by atoms with E-state index < -0.39 is 29.6 Å². The molecular weight excluding hydrogens is 365 g/mol. The number of halogens is 3. The summed E-state index contributed by atoms with van der Waals surface area (Å²) < 4.78 is 46.8. The van der Waals surface area contributed by atoms with Crippen molar-refractivity contribution in [3.8, 4) is 22.9 Å². The van der Waals surface area contributed by atoms with Crippen LogP contribution in [0.15, 0.2) is 54.6 Å². The summed E-state index contributed by atoms with van der Waals surface area (Å²) in [7, 11) is 0. The van der Waals surface area contributed by atoms with Crippen LogP contribution in [-0.4, -0.2) is 6.04 Å². The van der Waals surface area contributed by atoms with E-state index in [1.165, 1.54) is 0 Å². The fourth-order valence-corrected chi connectivity index (χ4v) is 3.44. The summed E-state index contributed by atoms with van der Waals surface area (Å²) in [6.07, 6.45) is -0.542. The van der Waals surface area contributed by atoms with Crippen LogP contribution >= 0.6 is 0 Å². The zero-order valence-electron chi connectivity index (χ0n) is 14.6. The van der Waals surface area contributed by atoms with Gasteiger partial charge in [0.05, 0.1) is 17.7 Å². The average Bonchev–Trinajstić information content (AvgIpc) is 2.70. The van der Waals surface area contributed by atoms with Crippen LogP contribution in [0.2, 0.25) is 0 Å². The maximum atomic E-state index is 14.2. The van der Waals surface area contributed by atoms with E-state index in [1.807, 2.05) is 18.2 Å². The van der Waals surface area contributed by atoms with Gasteiger partial charge in [0, 0.05) is 11.6 Å². The lowest BCUT2D eigenvalue weighted by Crippen LogP contribution is -2.38. The first kappa shape index (κ1) is 18.1. The molecule has 0 saturated heterocycles. The highest BCUT2D eigenvalue weighted by Crippen LogP contribution is 2.38. The molecule has 1 aliphatic rings. The van der Waals surface area contributed by atoms with E-state index in [0.717, 1.165) is 22.8 Å². The number of benzene rings is 3. The standard InChI is InChI=1S/C22H15F3N2O/c23-17-10-19(25)18(24)9-16(17)22-20(27)8-15-7-14(4-5-21(15)28-22)13-3-1-2-12(6-13)11-26/h1-7,9-10,20,22H,8,27H2. The molecule has 0 aromatic heterocycles. The van der Waals surface area contributed by atoms with Crippen molar-refractivity contribution >= 4 is 0 Å². The highest BCUT2D eigenvalue weighted by molar-refractivity contribution is 5.67. The molecule has 0 aliphatic carbocycles. The molecule has 3 nitrogen and oxygen atoms in total. The smallest absolute Gasteiger partial charge is 0.161 e. The minimum atomic E-state index is -1.25. The van der Waals surface area contributed by atoms with E-state index in [1.54, 1.807) is 24.3 Å². The van der Waals surface area contributed by atoms with Crippen LogP contribution in [0, 0.1) is 28.8 Å². The Morgan fingerprint density at radius 2 is 1.68 bits per heavy atom. The van der Waals surface area contributed by atoms with Gasteiger partial charge in [-0.15, -0.1) is 0 Å². The van der Waals surface area contributed by atoms with Gasteiger partial charge >= 0.3 is 0 Å². The fourth-order valence-electron chi connectivity index (χ4n) is 3.44. The summed E-state index contributed by atoms with van der Waals surface area (Å²) in [5, 5.41) is 9.06. The van der Waals surface area contributed by atoms with Crippen LogP contribution in [0.1, 0.15) is 22.8 Å².